The number of aromatic nitrogens is 2. The molecule has 0 radical (unpaired) electrons. The van der Waals surface area contributed by atoms with Gasteiger partial charge >= 0.3 is 0 Å². The summed E-state index contributed by atoms with van der Waals surface area (Å²) in [5, 5.41) is 3.10. The molecule has 1 aromatic carbocycles. The van der Waals surface area contributed by atoms with Gasteiger partial charge in [-0.3, -0.25) is 0 Å². The van der Waals surface area contributed by atoms with Gasteiger partial charge in [0.15, 0.2) is 0 Å². The highest BCUT2D eigenvalue weighted by Crippen LogP contribution is 2.19. The summed E-state index contributed by atoms with van der Waals surface area (Å²) < 4.78 is 0. The highest BCUT2D eigenvalue weighted by molar-refractivity contribution is 7.98. The van der Waals surface area contributed by atoms with E-state index in [4.69, 9.17) is 18.0 Å². The number of benzene rings is 1. The molecule has 3 N–H and O–H groups in total. The fourth-order valence-corrected chi connectivity index (χ4v) is 1.88. The van der Waals surface area contributed by atoms with Crippen molar-refractivity contribution in [3.63, 3.8) is 0 Å². The Bertz CT molecular complexity index is 554. The molecule has 1 aromatic heterocycles. The summed E-state index contributed by atoms with van der Waals surface area (Å²) in [6.45, 7) is 0. The molecule has 0 atom stereocenters. The number of hydrogen-bond donors (Lipinski definition) is 2. The number of thioether (sulfide) groups is 1. The summed E-state index contributed by atoms with van der Waals surface area (Å²) >= 11 is 6.57. The largest absolute Gasteiger partial charge is 0.388 e. The minimum atomic E-state index is 0.262. The first-order valence-electron chi connectivity index (χ1n) is 5.23. The minimum absolute atomic E-state index is 0.262. The van der Waals surface area contributed by atoms with Crippen molar-refractivity contribution in [1.29, 1.82) is 0 Å². The molecule has 1 heterocycles. The summed E-state index contributed by atoms with van der Waals surface area (Å²) in [7, 11) is 0. The van der Waals surface area contributed by atoms with Crippen LogP contribution in [0, 0.1) is 0 Å². The van der Waals surface area contributed by atoms with Crippen LogP contribution in [0.15, 0.2) is 41.4 Å². The maximum Gasteiger partial charge on any atom is 0.227 e. The first kappa shape index (κ1) is 12.8. The molecular weight excluding hydrogens is 264 g/mol. The molecule has 0 saturated heterocycles. The average Bonchev–Trinajstić information content (AvgIpc) is 2.40. The van der Waals surface area contributed by atoms with E-state index in [9.17, 15) is 0 Å². The van der Waals surface area contributed by atoms with E-state index in [-0.39, 0.29) is 4.99 Å². The Morgan fingerprint density at radius 2 is 2.00 bits per heavy atom. The Labute approximate surface area is 115 Å². The topological polar surface area (TPSA) is 63.8 Å². The molecule has 2 rings (SSSR count). The fraction of sp³-hybridized carbons (Fsp3) is 0.0833. The zero-order valence-electron chi connectivity index (χ0n) is 9.75. The predicted molar refractivity (Wildman–Crippen MR) is 79.4 cm³/mol. The van der Waals surface area contributed by atoms with E-state index in [1.54, 1.807) is 24.0 Å². The molecule has 0 spiro atoms. The molecule has 0 fully saturated rings. The van der Waals surface area contributed by atoms with Gasteiger partial charge in [0.05, 0.1) is 0 Å². The Morgan fingerprint density at radius 3 is 2.61 bits per heavy atom. The summed E-state index contributed by atoms with van der Waals surface area (Å²) in [5.41, 5.74) is 7.01. The van der Waals surface area contributed by atoms with Crippen molar-refractivity contribution in [1.82, 2.24) is 9.97 Å². The zero-order chi connectivity index (χ0) is 13.0. The molecule has 0 aliphatic carbocycles. The maximum atomic E-state index is 5.52. The molecule has 2 aromatic rings. The van der Waals surface area contributed by atoms with Gasteiger partial charge in [-0.25, -0.2) is 9.97 Å². The molecule has 0 unspecified atom stereocenters. The SMILES string of the molecule is CSc1ccc(Nc2nccc(C(N)=S)n2)cc1. The standard InChI is InChI=1S/C12H12N4S2/c1-18-9-4-2-8(3-5-9)15-12-14-7-6-10(16-12)11(13)17/h2-7H,1H3,(H2,13,17)(H,14,15,16). The fourth-order valence-electron chi connectivity index (χ4n) is 1.36. The van der Waals surface area contributed by atoms with Crippen LogP contribution < -0.4 is 11.1 Å². The second kappa shape index (κ2) is 5.79. The van der Waals surface area contributed by atoms with Gasteiger partial charge in [-0.15, -0.1) is 11.8 Å². The summed E-state index contributed by atoms with van der Waals surface area (Å²) in [5.74, 6) is 0.484. The molecule has 0 bridgehead atoms. The van der Waals surface area contributed by atoms with Crippen molar-refractivity contribution in [3.8, 4) is 0 Å². The minimum Gasteiger partial charge on any atom is -0.388 e. The van der Waals surface area contributed by atoms with Crippen LogP contribution in [0.5, 0.6) is 0 Å². The number of nitrogens with zero attached hydrogens (tertiary/aromatic N) is 2. The van der Waals surface area contributed by atoms with E-state index in [2.05, 4.69) is 15.3 Å². The lowest BCUT2D eigenvalue weighted by Gasteiger charge is -2.06. The molecule has 0 aliphatic rings. The van der Waals surface area contributed by atoms with Crippen molar-refractivity contribution in [2.45, 2.75) is 4.90 Å². The Hall–Kier alpha value is -1.66. The Morgan fingerprint density at radius 1 is 1.28 bits per heavy atom. The van der Waals surface area contributed by atoms with Crippen LogP contribution in [0.3, 0.4) is 0 Å². The third kappa shape index (κ3) is 3.18. The predicted octanol–water partition coefficient (Wildman–Crippen LogP) is 2.58. The average molecular weight is 276 g/mol. The Kier molecular flexibility index (Phi) is 4.11. The first-order valence-corrected chi connectivity index (χ1v) is 6.86. The van der Waals surface area contributed by atoms with Gasteiger partial charge in [0.2, 0.25) is 5.95 Å². The third-order valence-electron chi connectivity index (χ3n) is 2.25. The van der Waals surface area contributed by atoms with Crippen molar-refractivity contribution >= 4 is 40.6 Å². The Balaban J connectivity index is 2.17. The molecule has 18 heavy (non-hydrogen) atoms. The van der Waals surface area contributed by atoms with Gasteiger partial charge in [0.25, 0.3) is 0 Å². The number of nitrogens with one attached hydrogen (secondary N) is 1. The van der Waals surface area contributed by atoms with Crippen LogP contribution in [0.2, 0.25) is 0 Å². The van der Waals surface area contributed by atoms with Gasteiger partial charge in [-0.2, -0.15) is 0 Å². The smallest absolute Gasteiger partial charge is 0.227 e. The molecule has 4 nitrogen and oxygen atoms in total. The van der Waals surface area contributed by atoms with Crippen molar-refractivity contribution in [2.24, 2.45) is 5.73 Å². The van der Waals surface area contributed by atoms with Crippen molar-refractivity contribution in [2.75, 3.05) is 11.6 Å². The monoisotopic (exact) mass is 276 g/mol. The number of anilines is 2. The normalized spacial score (nSPS) is 10.1. The van der Waals surface area contributed by atoms with Crippen LogP contribution >= 0.6 is 24.0 Å². The third-order valence-corrected chi connectivity index (χ3v) is 3.21. The highest BCUT2D eigenvalue weighted by Gasteiger charge is 2.02. The van der Waals surface area contributed by atoms with Crippen LogP contribution in [-0.2, 0) is 0 Å². The van der Waals surface area contributed by atoms with Crippen LogP contribution in [0.1, 0.15) is 5.69 Å². The lowest BCUT2D eigenvalue weighted by molar-refractivity contribution is 1.15. The van der Waals surface area contributed by atoms with E-state index < -0.39 is 0 Å². The summed E-state index contributed by atoms with van der Waals surface area (Å²) in [6.07, 6.45) is 3.66. The summed E-state index contributed by atoms with van der Waals surface area (Å²) in [6, 6.07) is 9.70. The second-order valence-electron chi connectivity index (χ2n) is 3.48. The number of thiocarbonyl (C=S) groups is 1. The highest BCUT2D eigenvalue weighted by atomic mass is 32.2. The first-order chi connectivity index (χ1) is 8.69. The van der Waals surface area contributed by atoms with Gasteiger partial charge in [-0.05, 0) is 36.6 Å². The van der Waals surface area contributed by atoms with Gasteiger partial charge in [-0.1, -0.05) is 12.2 Å². The number of nitrogens with two attached hydrogens (primary N) is 1. The molecule has 0 saturated carbocycles. The van der Waals surface area contributed by atoms with Crippen LogP contribution in [0.4, 0.5) is 11.6 Å². The number of hydrogen-bond acceptors (Lipinski definition) is 5. The molecule has 6 heteroatoms. The van der Waals surface area contributed by atoms with Crippen LogP contribution in [-0.4, -0.2) is 21.2 Å². The van der Waals surface area contributed by atoms with E-state index >= 15 is 0 Å². The lowest BCUT2D eigenvalue weighted by Crippen LogP contribution is -2.12. The van der Waals surface area contributed by atoms with E-state index in [1.165, 1.54) is 4.90 Å². The van der Waals surface area contributed by atoms with Crippen LogP contribution in [0.25, 0.3) is 0 Å². The molecular formula is C12H12N4S2. The van der Waals surface area contributed by atoms with Gasteiger partial charge in [0.1, 0.15) is 10.7 Å². The van der Waals surface area contributed by atoms with Gasteiger partial charge in [0, 0.05) is 16.8 Å². The van der Waals surface area contributed by atoms with Crippen molar-refractivity contribution in [3.05, 3.63) is 42.2 Å². The lowest BCUT2D eigenvalue weighted by atomic mass is 10.3. The molecule has 0 aliphatic heterocycles. The number of rotatable bonds is 4. The van der Waals surface area contributed by atoms with E-state index in [0.29, 0.717) is 11.6 Å². The van der Waals surface area contributed by atoms with Crippen molar-refractivity contribution < 1.29 is 0 Å². The van der Waals surface area contributed by atoms with E-state index in [0.717, 1.165) is 5.69 Å². The maximum absolute atomic E-state index is 5.52. The van der Waals surface area contributed by atoms with Gasteiger partial charge < -0.3 is 11.1 Å². The van der Waals surface area contributed by atoms with E-state index in [1.807, 2.05) is 30.5 Å². The molecule has 92 valence electrons. The molecule has 0 amide bonds. The zero-order valence-corrected chi connectivity index (χ0v) is 11.4. The summed E-state index contributed by atoms with van der Waals surface area (Å²) in [4.78, 5) is 9.80. The second-order valence-corrected chi connectivity index (χ2v) is 4.80. The quantitative estimate of drug-likeness (QED) is 0.661.